The van der Waals surface area contributed by atoms with Gasteiger partial charge in [-0.05, 0) is 44.0 Å². The van der Waals surface area contributed by atoms with Crippen LogP contribution in [0.1, 0.15) is 36.1 Å². The van der Waals surface area contributed by atoms with E-state index in [9.17, 15) is 13.2 Å². The van der Waals surface area contributed by atoms with Crippen molar-refractivity contribution in [3.63, 3.8) is 0 Å². The molecule has 1 heterocycles. The molecule has 150 valence electrons. The molecule has 0 spiro atoms. The Morgan fingerprint density at radius 2 is 1.93 bits per heavy atom. The van der Waals surface area contributed by atoms with Gasteiger partial charge in [-0.25, -0.2) is 8.42 Å². The lowest BCUT2D eigenvalue weighted by Gasteiger charge is -2.21. The van der Waals surface area contributed by atoms with Crippen LogP contribution < -0.4 is 14.4 Å². The molecule has 0 aromatic heterocycles. The van der Waals surface area contributed by atoms with Crippen LogP contribution in [0.15, 0.2) is 42.5 Å². The van der Waals surface area contributed by atoms with Crippen molar-refractivity contribution in [3.05, 3.63) is 59.2 Å². The molecule has 1 N–H and O–H groups in total. The molecule has 0 unspecified atom stereocenters. The molecule has 0 radical (unpaired) electrons. The number of sulfonamides is 1. The van der Waals surface area contributed by atoms with Crippen molar-refractivity contribution in [1.82, 2.24) is 5.32 Å². The van der Waals surface area contributed by atoms with E-state index >= 15 is 0 Å². The molecule has 1 aliphatic heterocycles. The third-order valence-electron chi connectivity index (χ3n) is 4.94. The van der Waals surface area contributed by atoms with Gasteiger partial charge in [-0.1, -0.05) is 35.9 Å². The Bertz CT molecular complexity index is 988. The van der Waals surface area contributed by atoms with Crippen LogP contribution in [0.5, 0.6) is 5.75 Å². The van der Waals surface area contributed by atoms with Gasteiger partial charge in [0, 0.05) is 13.0 Å². The average Bonchev–Trinajstić information content (AvgIpc) is 2.81. The predicted octanol–water partition coefficient (Wildman–Crippen LogP) is 3.10. The Balaban J connectivity index is 1.80. The normalized spacial score (nSPS) is 17.9. The van der Waals surface area contributed by atoms with E-state index in [0.29, 0.717) is 11.4 Å². The van der Waals surface area contributed by atoms with Gasteiger partial charge < -0.3 is 10.1 Å². The molecule has 0 saturated heterocycles. The number of benzene rings is 2. The lowest BCUT2D eigenvalue weighted by Crippen LogP contribution is -2.41. The van der Waals surface area contributed by atoms with Gasteiger partial charge in [0.2, 0.25) is 10.0 Å². The lowest BCUT2D eigenvalue weighted by atomic mass is 10.00. The minimum atomic E-state index is -3.47. The maximum Gasteiger partial charge on any atom is 0.261 e. The number of ether oxygens (including phenoxy) is 1. The number of para-hydroxylation sites is 2. The Kier molecular flexibility index (Phi) is 5.65. The van der Waals surface area contributed by atoms with Gasteiger partial charge in [0.05, 0.1) is 18.0 Å². The maximum absolute atomic E-state index is 12.9. The molecule has 6 nitrogen and oxygen atoms in total. The molecule has 0 fully saturated rings. The Hall–Kier alpha value is -2.54. The van der Waals surface area contributed by atoms with Crippen LogP contribution in [0.4, 0.5) is 5.69 Å². The third kappa shape index (κ3) is 4.30. The number of carbonyl (C=O) groups is 1. The zero-order chi connectivity index (χ0) is 20.5. The highest BCUT2D eigenvalue weighted by molar-refractivity contribution is 7.92. The molecule has 2 aromatic carbocycles. The van der Waals surface area contributed by atoms with Crippen LogP contribution in [0.3, 0.4) is 0 Å². The SMILES string of the molecule is Cc1ccc([C@@H](C)NC(=O)[C@@H]2CCN(S(C)(=O)=O)c3ccccc3O2)c(C)c1. The second-order valence-electron chi connectivity index (χ2n) is 7.29. The van der Waals surface area contributed by atoms with Crippen molar-refractivity contribution in [1.29, 1.82) is 0 Å². The Labute approximate surface area is 166 Å². The van der Waals surface area contributed by atoms with Crippen LogP contribution in [0.2, 0.25) is 0 Å². The first kappa shape index (κ1) is 20.2. The fourth-order valence-electron chi connectivity index (χ4n) is 3.55. The summed E-state index contributed by atoms with van der Waals surface area (Å²) >= 11 is 0. The minimum Gasteiger partial charge on any atom is -0.478 e. The summed E-state index contributed by atoms with van der Waals surface area (Å²) in [4.78, 5) is 12.9. The lowest BCUT2D eigenvalue weighted by molar-refractivity contribution is -0.128. The number of rotatable bonds is 4. The summed E-state index contributed by atoms with van der Waals surface area (Å²) < 4.78 is 31.6. The second kappa shape index (κ2) is 7.83. The van der Waals surface area contributed by atoms with E-state index in [-0.39, 0.29) is 24.9 Å². The van der Waals surface area contributed by atoms with Gasteiger partial charge in [-0.3, -0.25) is 9.10 Å². The summed E-state index contributed by atoms with van der Waals surface area (Å²) in [5, 5.41) is 3.01. The summed E-state index contributed by atoms with van der Waals surface area (Å²) in [7, 11) is -3.47. The second-order valence-corrected chi connectivity index (χ2v) is 9.20. The average molecular weight is 403 g/mol. The van der Waals surface area contributed by atoms with E-state index in [0.717, 1.165) is 17.4 Å². The van der Waals surface area contributed by atoms with E-state index < -0.39 is 16.1 Å². The van der Waals surface area contributed by atoms with Gasteiger partial charge in [0.15, 0.2) is 6.10 Å². The first-order chi connectivity index (χ1) is 13.2. The van der Waals surface area contributed by atoms with Crippen molar-refractivity contribution in [2.75, 3.05) is 17.1 Å². The maximum atomic E-state index is 12.9. The molecule has 0 saturated carbocycles. The first-order valence-corrected chi connectivity index (χ1v) is 11.1. The molecule has 1 aliphatic rings. The van der Waals surface area contributed by atoms with E-state index in [1.807, 2.05) is 32.9 Å². The molecule has 7 heteroatoms. The molecular weight excluding hydrogens is 376 g/mol. The first-order valence-electron chi connectivity index (χ1n) is 9.27. The molecular formula is C21H26N2O4S. The predicted molar refractivity (Wildman–Crippen MR) is 110 cm³/mol. The Morgan fingerprint density at radius 3 is 2.61 bits per heavy atom. The zero-order valence-corrected chi connectivity index (χ0v) is 17.4. The molecule has 1 amide bonds. The number of nitrogens with one attached hydrogen (secondary N) is 1. The zero-order valence-electron chi connectivity index (χ0n) is 16.6. The number of amides is 1. The fourth-order valence-corrected chi connectivity index (χ4v) is 4.50. The highest BCUT2D eigenvalue weighted by atomic mass is 32.2. The fraction of sp³-hybridized carbons (Fsp3) is 0.381. The summed E-state index contributed by atoms with van der Waals surface area (Å²) in [6.45, 7) is 6.17. The van der Waals surface area contributed by atoms with Gasteiger partial charge in [0.25, 0.3) is 5.91 Å². The van der Waals surface area contributed by atoms with E-state index in [1.54, 1.807) is 24.3 Å². The van der Waals surface area contributed by atoms with Gasteiger partial charge in [-0.15, -0.1) is 0 Å². The number of fused-ring (bicyclic) bond motifs is 1. The smallest absolute Gasteiger partial charge is 0.261 e. The summed E-state index contributed by atoms with van der Waals surface area (Å²) in [5.41, 5.74) is 3.79. The quantitative estimate of drug-likeness (QED) is 0.853. The molecule has 0 bridgehead atoms. The summed E-state index contributed by atoms with van der Waals surface area (Å²) in [5.74, 6) is 0.141. The number of carbonyl (C=O) groups excluding carboxylic acids is 1. The monoisotopic (exact) mass is 402 g/mol. The van der Waals surface area contributed by atoms with E-state index in [2.05, 4.69) is 11.4 Å². The molecule has 2 atom stereocenters. The highest BCUT2D eigenvalue weighted by Gasteiger charge is 2.31. The molecule has 28 heavy (non-hydrogen) atoms. The van der Waals surface area contributed by atoms with E-state index in [1.165, 1.54) is 9.87 Å². The third-order valence-corrected chi connectivity index (χ3v) is 6.12. The van der Waals surface area contributed by atoms with Crippen LogP contribution in [-0.2, 0) is 14.8 Å². The topological polar surface area (TPSA) is 75.7 Å². The van der Waals surface area contributed by atoms with Crippen molar-refractivity contribution in [2.24, 2.45) is 0 Å². The van der Waals surface area contributed by atoms with Gasteiger partial charge >= 0.3 is 0 Å². The molecule has 2 aromatic rings. The van der Waals surface area contributed by atoms with Crippen molar-refractivity contribution in [3.8, 4) is 5.75 Å². The van der Waals surface area contributed by atoms with Crippen molar-refractivity contribution in [2.45, 2.75) is 39.3 Å². The van der Waals surface area contributed by atoms with Crippen molar-refractivity contribution < 1.29 is 17.9 Å². The number of nitrogens with zero attached hydrogens (tertiary/aromatic N) is 1. The van der Waals surface area contributed by atoms with Crippen LogP contribution in [0.25, 0.3) is 0 Å². The standard InChI is InChI=1S/C21H26N2O4S/c1-14-9-10-17(15(2)13-14)16(3)22-21(24)20-11-12-23(28(4,25)26)18-7-5-6-8-19(18)27-20/h5-10,13,16,20H,11-12H2,1-4H3,(H,22,24)/t16-,20+/m1/s1. The molecule has 0 aliphatic carbocycles. The molecule has 3 rings (SSSR count). The van der Waals surface area contributed by atoms with Crippen LogP contribution in [0, 0.1) is 13.8 Å². The highest BCUT2D eigenvalue weighted by Crippen LogP contribution is 2.34. The number of anilines is 1. The number of hydrogen-bond acceptors (Lipinski definition) is 4. The van der Waals surface area contributed by atoms with Gasteiger partial charge in [0.1, 0.15) is 5.75 Å². The number of hydrogen-bond donors (Lipinski definition) is 1. The van der Waals surface area contributed by atoms with Crippen LogP contribution >= 0.6 is 0 Å². The largest absolute Gasteiger partial charge is 0.478 e. The number of aryl methyl sites for hydroxylation is 2. The minimum absolute atomic E-state index is 0.179. The van der Waals surface area contributed by atoms with E-state index in [4.69, 9.17) is 4.74 Å². The van der Waals surface area contributed by atoms with Crippen molar-refractivity contribution >= 4 is 21.6 Å². The summed E-state index contributed by atoms with van der Waals surface area (Å²) in [6, 6.07) is 12.8. The summed E-state index contributed by atoms with van der Waals surface area (Å²) in [6.07, 6.45) is 0.667. The van der Waals surface area contributed by atoms with Gasteiger partial charge in [-0.2, -0.15) is 0 Å². The van der Waals surface area contributed by atoms with Crippen LogP contribution in [-0.4, -0.2) is 33.2 Å². The Morgan fingerprint density at radius 1 is 1.21 bits per heavy atom.